The molecule has 0 N–H and O–H groups in total. The zero-order valence-corrected chi connectivity index (χ0v) is 16.2. The predicted molar refractivity (Wildman–Crippen MR) is 95.7 cm³/mol. The first-order chi connectivity index (χ1) is 11.3. The summed E-state index contributed by atoms with van der Waals surface area (Å²) in [6.45, 7) is 16.2. The Hall–Kier alpha value is -0.840. The predicted octanol–water partition coefficient (Wildman–Crippen LogP) is 4.46. The first kappa shape index (κ1) is 19.5. The highest BCUT2D eigenvalue weighted by Gasteiger charge is 2.65. The third kappa shape index (κ3) is 3.56. The molecule has 0 aromatic carbocycles. The van der Waals surface area contributed by atoms with Crippen molar-refractivity contribution in [3.05, 3.63) is 24.0 Å². The number of fused-ring (bicyclic) bond motifs is 1. The number of allylic oxidation sites excluding steroid dienone is 1. The van der Waals surface area contributed by atoms with Crippen LogP contribution in [-0.2, 0) is 18.9 Å². The summed E-state index contributed by atoms with van der Waals surface area (Å²) in [4.78, 5) is 0. The van der Waals surface area contributed by atoms with Crippen LogP contribution >= 0.6 is 0 Å². The fraction of sp³-hybridized carbons (Fsp3) is 0.800. The van der Waals surface area contributed by atoms with Gasteiger partial charge in [-0.25, -0.2) is 0 Å². The molecule has 4 atom stereocenters. The Balaban J connectivity index is 2.24. The Morgan fingerprint density at radius 2 is 1.96 bits per heavy atom. The van der Waals surface area contributed by atoms with Gasteiger partial charge in [0.25, 0.3) is 0 Å². The molecule has 2 aliphatic rings. The van der Waals surface area contributed by atoms with Crippen molar-refractivity contribution in [2.24, 2.45) is 11.3 Å². The van der Waals surface area contributed by atoms with Crippen LogP contribution in [-0.4, -0.2) is 38.3 Å². The molecule has 0 amide bonds. The molecular weight excluding hydrogens is 304 g/mol. The van der Waals surface area contributed by atoms with E-state index in [1.165, 1.54) is 11.1 Å². The van der Waals surface area contributed by atoms with Gasteiger partial charge in [0.05, 0.1) is 19.5 Å². The molecule has 1 heterocycles. The monoisotopic (exact) mass is 338 g/mol. The van der Waals surface area contributed by atoms with E-state index < -0.39 is 0 Å². The highest BCUT2D eigenvalue weighted by Crippen LogP contribution is 2.63. The Morgan fingerprint density at radius 3 is 2.46 bits per heavy atom. The van der Waals surface area contributed by atoms with Gasteiger partial charge in [0.15, 0.2) is 6.29 Å². The average Bonchev–Trinajstić information content (AvgIpc) is 3.19. The molecule has 0 aromatic heterocycles. The van der Waals surface area contributed by atoms with Gasteiger partial charge in [-0.15, -0.1) is 0 Å². The summed E-state index contributed by atoms with van der Waals surface area (Å²) in [5.41, 5.74) is 2.20. The molecule has 1 saturated heterocycles. The van der Waals surface area contributed by atoms with Gasteiger partial charge in [-0.1, -0.05) is 19.1 Å². The number of rotatable bonds is 9. The van der Waals surface area contributed by atoms with E-state index in [-0.39, 0.29) is 23.4 Å². The quantitative estimate of drug-likeness (QED) is 0.269. The Bertz CT molecular complexity index is 480. The summed E-state index contributed by atoms with van der Waals surface area (Å²) in [6, 6.07) is 0. The van der Waals surface area contributed by atoms with E-state index in [2.05, 4.69) is 27.4 Å². The molecule has 0 aromatic rings. The zero-order chi connectivity index (χ0) is 18.0. The summed E-state index contributed by atoms with van der Waals surface area (Å²) in [5, 5.41) is 0. The van der Waals surface area contributed by atoms with Crippen molar-refractivity contribution in [1.29, 1.82) is 0 Å². The third-order valence-corrected chi connectivity index (χ3v) is 5.75. The first-order valence-corrected chi connectivity index (χ1v) is 9.13. The normalized spacial score (nSPS) is 36.7. The van der Waals surface area contributed by atoms with E-state index >= 15 is 0 Å². The minimum Gasteiger partial charge on any atom is -0.504 e. The maximum absolute atomic E-state index is 6.06. The molecule has 2 rings (SSSR count). The maximum atomic E-state index is 6.06. The zero-order valence-electron chi connectivity index (χ0n) is 16.2. The number of ether oxygens (including phenoxy) is 4. The SMILES string of the molecule is C=C(C)[C@H]1C[C@@H]2O[C@]2(C)/C(=C/OC)[C@]1(C)CCC(OCC)OCC. The minimum atomic E-state index is -0.191. The van der Waals surface area contributed by atoms with Gasteiger partial charge in [-0.05, 0) is 52.9 Å². The van der Waals surface area contributed by atoms with Gasteiger partial charge in [-0.2, -0.15) is 0 Å². The summed E-state index contributed by atoms with van der Waals surface area (Å²) in [5.74, 6) is 0.378. The van der Waals surface area contributed by atoms with Crippen molar-refractivity contribution >= 4 is 0 Å². The first-order valence-electron chi connectivity index (χ1n) is 9.13. The van der Waals surface area contributed by atoms with E-state index in [1.54, 1.807) is 7.11 Å². The van der Waals surface area contributed by atoms with Gasteiger partial charge >= 0.3 is 0 Å². The molecule has 0 bridgehead atoms. The molecule has 24 heavy (non-hydrogen) atoms. The lowest BCUT2D eigenvalue weighted by molar-refractivity contribution is -0.143. The van der Waals surface area contributed by atoms with Crippen molar-refractivity contribution in [3.63, 3.8) is 0 Å². The Kier molecular flexibility index (Phi) is 6.16. The van der Waals surface area contributed by atoms with Crippen LogP contribution in [0, 0.1) is 11.3 Å². The van der Waals surface area contributed by atoms with Crippen LogP contribution < -0.4 is 0 Å². The third-order valence-electron chi connectivity index (χ3n) is 5.75. The second-order valence-electron chi connectivity index (χ2n) is 7.41. The molecule has 0 unspecified atom stereocenters. The van der Waals surface area contributed by atoms with Crippen LogP contribution in [0.3, 0.4) is 0 Å². The Morgan fingerprint density at radius 1 is 1.33 bits per heavy atom. The fourth-order valence-corrected chi connectivity index (χ4v) is 4.43. The van der Waals surface area contributed by atoms with Crippen LogP contribution in [0.2, 0.25) is 0 Å². The molecule has 4 nitrogen and oxygen atoms in total. The molecule has 4 heteroatoms. The second kappa shape index (κ2) is 7.59. The molecule has 2 fully saturated rings. The molecule has 0 radical (unpaired) electrons. The summed E-state index contributed by atoms with van der Waals surface area (Å²) >= 11 is 0. The van der Waals surface area contributed by atoms with E-state index in [9.17, 15) is 0 Å². The number of hydrogen-bond acceptors (Lipinski definition) is 4. The topological polar surface area (TPSA) is 40.2 Å². The van der Waals surface area contributed by atoms with Crippen molar-refractivity contribution < 1.29 is 18.9 Å². The van der Waals surface area contributed by atoms with Crippen LogP contribution in [0.5, 0.6) is 0 Å². The molecule has 0 spiro atoms. The number of epoxide rings is 1. The van der Waals surface area contributed by atoms with Crippen molar-refractivity contribution in [2.75, 3.05) is 20.3 Å². The molecule has 1 aliphatic heterocycles. The summed E-state index contributed by atoms with van der Waals surface area (Å²) in [7, 11) is 1.71. The van der Waals surface area contributed by atoms with Gasteiger partial charge in [0.1, 0.15) is 5.60 Å². The van der Waals surface area contributed by atoms with E-state index in [0.29, 0.717) is 19.1 Å². The molecular formula is C20H34O4. The molecule has 1 saturated carbocycles. The van der Waals surface area contributed by atoms with E-state index in [0.717, 1.165) is 19.3 Å². The van der Waals surface area contributed by atoms with E-state index in [1.807, 2.05) is 20.1 Å². The molecule has 138 valence electrons. The highest BCUT2D eigenvalue weighted by molar-refractivity contribution is 5.37. The minimum absolute atomic E-state index is 0.0595. The van der Waals surface area contributed by atoms with Crippen LogP contribution in [0.15, 0.2) is 24.0 Å². The van der Waals surface area contributed by atoms with Gasteiger partial charge in [0.2, 0.25) is 0 Å². The molecule has 1 aliphatic carbocycles. The van der Waals surface area contributed by atoms with Crippen molar-refractivity contribution in [1.82, 2.24) is 0 Å². The smallest absolute Gasteiger partial charge is 0.157 e. The lowest BCUT2D eigenvalue weighted by atomic mass is 9.58. The van der Waals surface area contributed by atoms with Crippen LogP contribution in [0.4, 0.5) is 0 Å². The fourth-order valence-electron chi connectivity index (χ4n) is 4.43. The summed E-state index contributed by atoms with van der Waals surface area (Å²) < 4.78 is 23.0. The second-order valence-corrected chi connectivity index (χ2v) is 7.41. The Labute approximate surface area is 147 Å². The summed E-state index contributed by atoms with van der Waals surface area (Å²) in [6.07, 6.45) is 4.85. The van der Waals surface area contributed by atoms with Crippen molar-refractivity contribution in [3.8, 4) is 0 Å². The lowest BCUT2D eigenvalue weighted by Crippen LogP contribution is -2.42. The largest absolute Gasteiger partial charge is 0.504 e. The number of methoxy groups -OCH3 is 1. The standard InChI is InChI=1S/C20H34O4/c1-8-22-18(23-9-2)10-11-19(5)15(14(3)4)12-17-20(6,24-17)16(19)13-21-7/h13,15,17-18H,3,8-12H2,1-2,4-7H3/b16-13+/t15-,17+,19-,20-/m1/s1. The van der Waals surface area contributed by atoms with Gasteiger partial charge < -0.3 is 18.9 Å². The van der Waals surface area contributed by atoms with Crippen LogP contribution in [0.1, 0.15) is 53.9 Å². The number of hydrogen-bond donors (Lipinski definition) is 0. The lowest BCUT2D eigenvalue weighted by Gasteiger charge is -2.45. The van der Waals surface area contributed by atoms with Gasteiger partial charge in [0, 0.05) is 24.2 Å². The average molecular weight is 338 g/mol. The van der Waals surface area contributed by atoms with E-state index in [4.69, 9.17) is 18.9 Å². The van der Waals surface area contributed by atoms with Crippen LogP contribution in [0.25, 0.3) is 0 Å². The highest BCUT2D eigenvalue weighted by atomic mass is 16.7. The van der Waals surface area contributed by atoms with Gasteiger partial charge in [-0.3, -0.25) is 0 Å². The van der Waals surface area contributed by atoms with Crippen molar-refractivity contribution in [2.45, 2.75) is 71.9 Å². The maximum Gasteiger partial charge on any atom is 0.157 e.